The SMILES string of the molecule is C=CCN=c1scc(C)n1N=Cc1ccc([N+](=O)[O-])o1. The van der Waals surface area contributed by atoms with Crippen molar-refractivity contribution in [1.82, 2.24) is 4.68 Å². The van der Waals surface area contributed by atoms with Crippen LogP contribution in [0.1, 0.15) is 11.5 Å². The Kier molecular flexibility index (Phi) is 4.26. The monoisotopic (exact) mass is 292 g/mol. The lowest BCUT2D eigenvalue weighted by Crippen LogP contribution is -2.12. The molecule has 0 aromatic carbocycles. The summed E-state index contributed by atoms with van der Waals surface area (Å²) < 4.78 is 6.64. The zero-order valence-corrected chi connectivity index (χ0v) is 11.5. The fourth-order valence-electron chi connectivity index (χ4n) is 1.40. The molecule has 2 aromatic heterocycles. The van der Waals surface area contributed by atoms with Crippen molar-refractivity contribution in [3.63, 3.8) is 0 Å². The number of thiazole rings is 1. The van der Waals surface area contributed by atoms with Crippen LogP contribution in [0.3, 0.4) is 0 Å². The standard InChI is InChI=1S/C12H12N4O3S/c1-3-6-13-12-15(9(2)8-20-12)14-7-10-4-5-11(19-10)16(17)18/h3-5,7-8H,1,6H2,2H3. The van der Waals surface area contributed by atoms with Gasteiger partial charge < -0.3 is 4.42 Å². The Balaban J connectivity index is 2.28. The maximum atomic E-state index is 10.5. The van der Waals surface area contributed by atoms with E-state index in [1.165, 1.54) is 29.7 Å². The van der Waals surface area contributed by atoms with E-state index < -0.39 is 4.92 Å². The van der Waals surface area contributed by atoms with Crippen LogP contribution in [0.15, 0.2) is 44.7 Å². The molecule has 104 valence electrons. The molecule has 0 fully saturated rings. The van der Waals surface area contributed by atoms with Gasteiger partial charge in [0.05, 0.1) is 24.5 Å². The molecule has 0 bridgehead atoms. The molecule has 0 saturated carbocycles. The Labute approximate surface area is 118 Å². The van der Waals surface area contributed by atoms with Crippen molar-refractivity contribution in [1.29, 1.82) is 0 Å². The lowest BCUT2D eigenvalue weighted by atomic mass is 10.5. The summed E-state index contributed by atoms with van der Waals surface area (Å²) in [6, 6.07) is 2.78. The average molecular weight is 292 g/mol. The first-order valence-electron chi connectivity index (χ1n) is 5.69. The molecule has 0 spiro atoms. The van der Waals surface area contributed by atoms with E-state index in [0.29, 0.717) is 12.3 Å². The largest absolute Gasteiger partial charge is 0.433 e. The minimum atomic E-state index is -0.592. The molecule has 0 amide bonds. The minimum absolute atomic E-state index is 0.310. The Morgan fingerprint density at radius 3 is 3.05 bits per heavy atom. The van der Waals surface area contributed by atoms with Crippen LogP contribution in [0.4, 0.5) is 5.88 Å². The number of nitrogens with zero attached hydrogens (tertiary/aromatic N) is 4. The molecule has 0 unspecified atom stereocenters. The number of aryl methyl sites for hydroxylation is 1. The van der Waals surface area contributed by atoms with Crippen LogP contribution in [-0.2, 0) is 0 Å². The van der Waals surface area contributed by atoms with Crippen LogP contribution in [0, 0.1) is 17.0 Å². The fraction of sp³-hybridized carbons (Fsp3) is 0.167. The highest BCUT2D eigenvalue weighted by atomic mass is 32.1. The summed E-state index contributed by atoms with van der Waals surface area (Å²) in [6.45, 7) is 6.01. The average Bonchev–Trinajstić information content (AvgIpc) is 3.01. The molecule has 0 aliphatic carbocycles. The van der Waals surface area contributed by atoms with Gasteiger partial charge in [0.1, 0.15) is 4.92 Å². The molecule has 0 atom stereocenters. The summed E-state index contributed by atoms with van der Waals surface area (Å²) in [5.41, 5.74) is 0.912. The number of hydrogen-bond acceptors (Lipinski definition) is 6. The van der Waals surface area contributed by atoms with Gasteiger partial charge in [-0.1, -0.05) is 6.08 Å². The normalized spacial score (nSPS) is 12.2. The van der Waals surface area contributed by atoms with Crippen molar-refractivity contribution in [3.05, 3.63) is 56.5 Å². The Bertz CT molecular complexity index is 723. The Hall–Kier alpha value is -2.48. The van der Waals surface area contributed by atoms with E-state index in [0.717, 1.165) is 10.5 Å². The lowest BCUT2D eigenvalue weighted by molar-refractivity contribution is -0.402. The van der Waals surface area contributed by atoms with E-state index in [1.54, 1.807) is 10.8 Å². The number of hydrogen-bond donors (Lipinski definition) is 0. The predicted octanol–water partition coefficient (Wildman–Crippen LogP) is 2.33. The maximum absolute atomic E-state index is 10.5. The number of rotatable bonds is 5. The predicted molar refractivity (Wildman–Crippen MR) is 76.0 cm³/mol. The van der Waals surface area contributed by atoms with Crippen molar-refractivity contribution >= 4 is 23.4 Å². The van der Waals surface area contributed by atoms with Gasteiger partial charge in [-0.2, -0.15) is 5.10 Å². The third-order valence-corrected chi connectivity index (χ3v) is 3.27. The van der Waals surface area contributed by atoms with Crippen molar-refractivity contribution in [2.24, 2.45) is 10.1 Å². The van der Waals surface area contributed by atoms with Gasteiger partial charge in [0.15, 0.2) is 5.76 Å². The number of nitro groups is 1. The molecular formula is C12H12N4O3S. The Morgan fingerprint density at radius 1 is 1.60 bits per heavy atom. The maximum Gasteiger partial charge on any atom is 0.433 e. The Morgan fingerprint density at radius 2 is 2.40 bits per heavy atom. The zero-order valence-electron chi connectivity index (χ0n) is 10.7. The summed E-state index contributed by atoms with van der Waals surface area (Å²) in [7, 11) is 0. The topological polar surface area (TPSA) is 85.9 Å². The first-order valence-corrected chi connectivity index (χ1v) is 6.57. The first-order chi connectivity index (χ1) is 9.61. The third kappa shape index (κ3) is 3.09. The molecule has 0 saturated heterocycles. The van der Waals surface area contributed by atoms with E-state index in [-0.39, 0.29) is 5.88 Å². The van der Waals surface area contributed by atoms with Crippen molar-refractivity contribution < 1.29 is 9.34 Å². The van der Waals surface area contributed by atoms with Gasteiger partial charge in [0, 0.05) is 5.38 Å². The van der Waals surface area contributed by atoms with Gasteiger partial charge in [-0.25, -0.2) is 4.68 Å². The highest BCUT2D eigenvalue weighted by Gasteiger charge is 2.10. The number of furan rings is 1. The summed E-state index contributed by atoms with van der Waals surface area (Å²) >= 11 is 1.46. The lowest BCUT2D eigenvalue weighted by Gasteiger charge is -1.95. The third-order valence-electron chi connectivity index (χ3n) is 2.30. The second-order valence-corrected chi connectivity index (χ2v) is 4.62. The molecular weight excluding hydrogens is 280 g/mol. The van der Waals surface area contributed by atoms with Gasteiger partial charge in [0.2, 0.25) is 4.80 Å². The van der Waals surface area contributed by atoms with Crippen LogP contribution in [0.25, 0.3) is 0 Å². The van der Waals surface area contributed by atoms with Crippen LogP contribution in [0.5, 0.6) is 0 Å². The molecule has 2 heterocycles. The molecule has 2 aromatic rings. The van der Waals surface area contributed by atoms with Gasteiger partial charge in [0.25, 0.3) is 0 Å². The second kappa shape index (κ2) is 6.11. The van der Waals surface area contributed by atoms with Crippen molar-refractivity contribution in [2.75, 3.05) is 6.54 Å². The highest BCUT2D eigenvalue weighted by Crippen LogP contribution is 2.14. The van der Waals surface area contributed by atoms with Gasteiger partial charge >= 0.3 is 5.88 Å². The van der Waals surface area contributed by atoms with Crippen LogP contribution in [-0.4, -0.2) is 22.4 Å². The van der Waals surface area contributed by atoms with Crippen LogP contribution < -0.4 is 4.80 Å². The molecule has 0 aliphatic heterocycles. The molecule has 20 heavy (non-hydrogen) atoms. The van der Waals surface area contributed by atoms with Gasteiger partial charge in [-0.15, -0.1) is 17.9 Å². The van der Waals surface area contributed by atoms with E-state index in [9.17, 15) is 10.1 Å². The zero-order chi connectivity index (χ0) is 14.5. The van der Waals surface area contributed by atoms with Crippen molar-refractivity contribution in [2.45, 2.75) is 6.92 Å². The molecule has 0 N–H and O–H groups in total. The quantitative estimate of drug-likeness (QED) is 0.367. The molecule has 2 rings (SSSR count). The summed E-state index contributed by atoms with van der Waals surface area (Å²) in [5.74, 6) is -0.000436. The first kappa shape index (κ1) is 13.9. The summed E-state index contributed by atoms with van der Waals surface area (Å²) in [6.07, 6.45) is 3.11. The van der Waals surface area contributed by atoms with E-state index >= 15 is 0 Å². The van der Waals surface area contributed by atoms with Crippen molar-refractivity contribution in [3.8, 4) is 0 Å². The van der Waals surface area contributed by atoms with E-state index in [4.69, 9.17) is 4.42 Å². The van der Waals surface area contributed by atoms with Gasteiger partial charge in [-0.3, -0.25) is 15.1 Å². The highest BCUT2D eigenvalue weighted by molar-refractivity contribution is 7.07. The van der Waals surface area contributed by atoms with E-state index in [2.05, 4.69) is 16.7 Å². The summed E-state index contributed by atoms with van der Waals surface area (Å²) in [4.78, 5) is 14.9. The smallest absolute Gasteiger partial charge is 0.400 e. The van der Waals surface area contributed by atoms with Crippen LogP contribution >= 0.6 is 11.3 Å². The fourth-order valence-corrected chi connectivity index (χ4v) is 2.22. The molecule has 0 aliphatic rings. The minimum Gasteiger partial charge on any atom is -0.400 e. The van der Waals surface area contributed by atoms with E-state index in [1.807, 2.05) is 12.3 Å². The van der Waals surface area contributed by atoms with Crippen LogP contribution in [0.2, 0.25) is 0 Å². The molecule has 0 radical (unpaired) electrons. The van der Waals surface area contributed by atoms with Gasteiger partial charge in [-0.05, 0) is 13.0 Å². The molecule has 8 heteroatoms. The summed E-state index contributed by atoms with van der Waals surface area (Å²) in [5, 5.41) is 16.7. The number of aromatic nitrogens is 1. The molecule has 7 nitrogen and oxygen atoms in total. The second-order valence-electron chi connectivity index (χ2n) is 3.78.